The molecular weight excluding hydrogens is 445 g/mol. The smallest absolute Gasteiger partial charge is 0.246 e. The van der Waals surface area contributed by atoms with Gasteiger partial charge in [-0.05, 0) is 36.6 Å². The van der Waals surface area contributed by atoms with Gasteiger partial charge in [-0.15, -0.1) is 0 Å². The lowest BCUT2D eigenvalue weighted by Crippen LogP contribution is -2.51. The number of rotatable bonds is 7. The first-order chi connectivity index (χ1) is 14.3. The van der Waals surface area contributed by atoms with Crippen LogP contribution in [0.15, 0.2) is 47.4 Å². The van der Waals surface area contributed by atoms with Crippen LogP contribution >= 0.6 is 23.2 Å². The highest BCUT2D eigenvalue weighted by Crippen LogP contribution is 2.31. The van der Waals surface area contributed by atoms with Crippen molar-refractivity contribution in [2.24, 2.45) is 0 Å². The Morgan fingerprint density at radius 3 is 2.27 bits per heavy atom. The quantitative estimate of drug-likeness (QED) is 0.676. The molecular formula is C21H25Cl2N3O3S. The Hall–Kier alpha value is -1.64. The Morgan fingerprint density at radius 2 is 1.63 bits per heavy atom. The normalized spacial score (nSPS) is 15.8. The van der Waals surface area contributed by atoms with E-state index in [0.717, 1.165) is 6.42 Å². The maximum atomic E-state index is 12.9. The number of carbonyl (C=O) groups is 1. The molecule has 1 saturated heterocycles. The van der Waals surface area contributed by atoms with Gasteiger partial charge in [0.1, 0.15) is 4.90 Å². The van der Waals surface area contributed by atoms with E-state index in [1.165, 1.54) is 27.6 Å². The molecule has 1 N–H and O–H groups in total. The number of amides is 1. The summed E-state index contributed by atoms with van der Waals surface area (Å²) in [5.41, 5.74) is 2.43. The van der Waals surface area contributed by atoms with E-state index in [-0.39, 0.29) is 40.5 Å². The largest absolute Gasteiger partial charge is 0.355 e. The summed E-state index contributed by atoms with van der Waals surface area (Å²) in [7, 11) is -3.78. The zero-order chi connectivity index (χ0) is 21.7. The fourth-order valence-electron chi connectivity index (χ4n) is 3.47. The van der Waals surface area contributed by atoms with Crippen LogP contribution < -0.4 is 5.32 Å². The number of hydrogen-bond acceptors (Lipinski definition) is 4. The van der Waals surface area contributed by atoms with Crippen LogP contribution in [0.25, 0.3) is 0 Å². The average Bonchev–Trinajstić information content (AvgIpc) is 2.69. The summed E-state index contributed by atoms with van der Waals surface area (Å²) in [6, 6.07) is 12.7. The second-order valence-corrected chi connectivity index (χ2v) is 9.95. The van der Waals surface area contributed by atoms with Crippen molar-refractivity contribution in [3.63, 3.8) is 0 Å². The van der Waals surface area contributed by atoms with E-state index in [4.69, 9.17) is 23.2 Å². The minimum Gasteiger partial charge on any atom is -0.355 e. The van der Waals surface area contributed by atoms with Crippen molar-refractivity contribution < 1.29 is 13.2 Å². The number of aryl methyl sites for hydroxylation is 1. The van der Waals surface area contributed by atoms with E-state index >= 15 is 0 Å². The van der Waals surface area contributed by atoms with Crippen LogP contribution in [0.3, 0.4) is 0 Å². The highest BCUT2D eigenvalue weighted by atomic mass is 35.5. The van der Waals surface area contributed by atoms with Gasteiger partial charge in [-0.25, -0.2) is 8.42 Å². The molecule has 9 heteroatoms. The molecule has 0 aromatic heterocycles. The van der Waals surface area contributed by atoms with Crippen molar-refractivity contribution in [3.05, 3.63) is 63.6 Å². The minimum absolute atomic E-state index is 0.0595. The fraction of sp³-hybridized carbons (Fsp3) is 0.381. The van der Waals surface area contributed by atoms with E-state index in [2.05, 4.69) is 24.4 Å². The molecule has 0 bridgehead atoms. The molecule has 1 aliphatic rings. The maximum Gasteiger partial charge on any atom is 0.246 e. The van der Waals surface area contributed by atoms with Gasteiger partial charge in [0.15, 0.2) is 0 Å². The van der Waals surface area contributed by atoms with E-state index < -0.39 is 10.0 Å². The number of nitrogens with zero attached hydrogens (tertiary/aromatic N) is 2. The SMILES string of the molecule is Cc1ccccc1CCNC(=O)CN1CCN(S(=O)(=O)c2c(Cl)cccc2Cl)CC1. The van der Waals surface area contributed by atoms with E-state index in [9.17, 15) is 13.2 Å². The lowest BCUT2D eigenvalue weighted by Gasteiger charge is -2.33. The molecule has 1 heterocycles. The zero-order valence-corrected chi connectivity index (χ0v) is 19.1. The number of hydrogen-bond donors (Lipinski definition) is 1. The summed E-state index contributed by atoms with van der Waals surface area (Å²) in [5.74, 6) is -0.0611. The second-order valence-electron chi connectivity index (χ2n) is 7.26. The Kier molecular flexibility index (Phi) is 7.76. The molecule has 0 saturated carbocycles. The monoisotopic (exact) mass is 469 g/mol. The number of benzene rings is 2. The molecule has 162 valence electrons. The molecule has 0 unspecified atom stereocenters. The van der Waals surface area contributed by atoms with Crippen molar-refractivity contribution in [2.45, 2.75) is 18.2 Å². The van der Waals surface area contributed by atoms with Gasteiger partial charge in [-0.3, -0.25) is 9.69 Å². The molecule has 1 amide bonds. The molecule has 0 radical (unpaired) electrons. The van der Waals surface area contributed by atoms with Gasteiger partial charge >= 0.3 is 0 Å². The van der Waals surface area contributed by atoms with Crippen LogP contribution in [-0.4, -0.2) is 62.8 Å². The summed E-state index contributed by atoms with van der Waals surface area (Å²) in [4.78, 5) is 14.1. The van der Waals surface area contributed by atoms with E-state index in [1.54, 1.807) is 6.07 Å². The summed E-state index contributed by atoms with van der Waals surface area (Å²) < 4.78 is 27.2. The topological polar surface area (TPSA) is 69.7 Å². The molecule has 6 nitrogen and oxygen atoms in total. The molecule has 3 rings (SSSR count). The minimum atomic E-state index is -3.78. The standard InChI is InChI=1S/C21H25Cl2N3O3S/c1-16-5-2-3-6-17(16)9-10-24-20(27)15-25-11-13-26(14-12-25)30(28,29)21-18(22)7-4-8-19(21)23/h2-8H,9-15H2,1H3,(H,24,27). The first-order valence-electron chi connectivity index (χ1n) is 9.77. The van der Waals surface area contributed by atoms with Crippen molar-refractivity contribution >= 4 is 39.1 Å². The summed E-state index contributed by atoms with van der Waals surface area (Å²) in [5, 5.41) is 3.16. The Balaban J connectivity index is 1.48. The maximum absolute atomic E-state index is 12.9. The van der Waals surface area contributed by atoms with Crippen LogP contribution in [0.2, 0.25) is 10.0 Å². The van der Waals surface area contributed by atoms with E-state index in [0.29, 0.717) is 19.6 Å². The summed E-state index contributed by atoms with van der Waals surface area (Å²) in [6.07, 6.45) is 0.781. The summed E-state index contributed by atoms with van der Waals surface area (Å²) >= 11 is 12.2. The molecule has 0 atom stereocenters. The zero-order valence-electron chi connectivity index (χ0n) is 16.8. The van der Waals surface area contributed by atoms with Gasteiger partial charge in [-0.2, -0.15) is 4.31 Å². The van der Waals surface area contributed by atoms with Gasteiger partial charge in [0.05, 0.1) is 16.6 Å². The number of carbonyl (C=O) groups excluding carboxylic acids is 1. The first-order valence-corrected chi connectivity index (χ1v) is 12.0. The first kappa shape index (κ1) is 23.0. The van der Waals surface area contributed by atoms with Crippen LogP contribution in [0.1, 0.15) is 11.1 Å². The predicted octanol–water partition coefficient (Wildman–Crippen LogP) is 2.97. The molecule has 0 spiro atoms. The van der Waals surface area contributed by atoms with Crippen LogP contribution in [0.5, 0.6) is 0 Å². The Morgan fingerprint density at radius 1 is 1.00 bits per heavy atom. The predicted molar refractivity (Wildman–Crippen MR) is 120 cm³/mol. The summed E-state index contributed by atoms with van der Waals surface area (Å²) in [6.45, 7) is 4.36. The van der Waals surface area contributed by atoms with Gasteiger partial charge in [0, 0.05) is 32.7 Å². The van der Waals surface area contributed by atoms with Gasteiger partial charge in [0.2, 0.25) is 15.9 Å². The molecule has 0 aliphatic carbocycles. The third kappa shape index (κ3) is 5.53. The van der Waals surface area contributed by atoms with Crippen molar-refractivity contribution in [1.29, 1.82) is 0 Å². The van der Waals surface area contributed by atoms with Crippen molar-refractivity contribution in [3.8, 4) is 0 Å². The second kappa shape index (κ2) is 10.1. The van der Waals surface area contributed by atoms with Gasteiger partial charge < -0.3 is 5.32 Å². The average molecular weight is 470 g/mol. The van der Waals surface area contributed by atoms with Crippen LogP contribution in [0, 0.1) is 6.92 Å². The molecule has 2 aromatic carbocycles. The Labute approximate surface area is 187 Å². The van der Waals surface area contributed by atoms with Gasteiger partial charge in [-0.1, -0.05) is 53.5 Å². The molecule has 2 aromatic rings. The fourth-order valence-corrected chi connectivity index (χ4v) is 5.99. The molecule has 30 heavy (non-hydrogen) atoms. The number of nitrogens with one attached hydrogen (secondary N) is 1. The van der Waals surface area contributed by atoms with Crippen molar-refractivity contribution in [2.75, 3.05) is 39.3 Å². The van der Waals surface area contributed by atoms with Crippen LogP contribution in [-0.2, 0) is 21.2 Å². The Bertz CT molecular complexity index is 986. The lowest BCUT2D eigenvalue weighted by atomic mass is 10.1. The third-order valence-electron chi connectivity index (χ3n) is 5.19. The van der Waals surface area contributed by atoms with Crippen molar-refractivity contribution in [1.82, 2.24) is 14.5 Å². The van der Waals surface area contributed by atoms with Gasteiger partial charge in [0.25, 0.3) is 0 Å². The number of piperazine rings is 1. The number of halogens is 2. The molecule has 1 fully saturated rings. The number of sulfonamides is 1. The third-order valence-corrected chi connectivity index (χ3v) is 8.05. The van der Waals surface area contributed by atoms with E-state index in [1.807, 2.05) is 17.0 Å². The highest BCUT2D eigenvalue weighted by Gasteiger charge is 2.32. The highest BCUT2D eigenvalue weighted by molar-refractivity contribution is 7.89. The van der Waals surface area contributed by atoms with Crippen LogP contribution in [0.4, 0.5) is 0 Å². The molecule has 1 aliphatic heterocycles. The lowest BCUT2D eigenvalue weighted by molar-refractivity contribution is -0.122.